The van der Waals surface area contributed by atoms with Crippen molar-refractivity contribution >= 4 is 46.3 Å². The summed E-state index contributed by atoms with van der Waals surface area (Å²) < 4.78 is 9.66. The number of methoxy groups -OCH3 is 1. The molecule has 0 aliphatic carbocycles. The summed E-state index contributed by atoms with van der Waals surface area (Å²) in [6, 6.07) is 6.50. The maximum atomic E-state index is 12.3. The van der Waals surface area contributed by atoms with Crippen LogP contribution in [-0.2, 0) is 9.53 Å². The van der Waals surface area contributed by atoms with E-state index in [1.54, 1.807) is 17.5 Å². The highest BCUT2D eigenvalue weighted by Gasteiger charge is 2.19. The zero-order valence-corrected chi connectivity index (χ0v) is 13.2. The van der Waals surface area contributed by atoms with E-state index in [0.29, 0.717) is 4.88 Å². The van der Waals surface area contributed by atoms with E-state index in [4.69, 9.17) is 27.9 Å². The van der Waals surface area contributed by atoms with Gasteiger partial charge in [0.25, 0.3) is 0 Å². The van der Waals surface area contributed by atoms with Gasteiger partial charge < -0.3 is 9.47 Å². The summed E-state index contributed by atoms with van der Waals surface area (Å²) in [6.45, 7) is -0.287. The highest BCUT2D eigenvalue weighted by atomic mass is 35.5. The fourth-order valence-electron chi connectivity index (χ4n) is 1.55. The minimum Gasteiger partial charge on any atom is -0.480 e. The third-order valence-electron chi connectivity index (χ3n) is 2.61. The number of rotatable bonds is 5. The number of carbonyl (C=O) groups excluding carboxylic acids is 2. The highest BCUT2D eigenvalue weighted by Crippen LogP contribution is 2.36. The van der Waals surface area contributed by atoms with Gasteiger partial charge in [-0.3, -0.25) is 4.79 Å². The van der Waals surface area contributed by atoms with Gasteiger partial charge in [-0.15, -0.1) is 11.3 Å². The van der Waals surface area contributed by atoms with Gasteiger partial charge in [-0.05, 0) is 23.6 Å². The average molecular weight is 345 g/mol. The van der Waals surface area contributed by atoms with E-state index in [2.05, 4.69) is 4.74 Å². The van der Waals surface area contributed by atoms with Crippen molar-refractivity contribution in [1.82, 2.24) is 0 Å². The third kappa shape index (κ3) is 3.56. The summed E-state index contributed by atoms with van der Waals surface area (Å²) in [4.78, 5) is 23.9. The molecule has 0 amide bonds. The molecule has 2 aromatic rings. The van der Waals surface area contributed by atoms with Crippen LogP contribution in [0.2, 0.25) is 10.0 Å². The van der Waals surface area contributed by atoms with Gasteiger partial charge >= 0.3 is 5.97 Å². The zero-order valence-electron chi connectivity index (χ0n) is 10.9. The molecule has 1 heterocycles. The zero-order chi connectivity index (χ0) is 15.4. The second-order valence-electron chi connectivity index (χ2n) is 3.91. The molecular formula is C14H10Cl2O4S. The Morgan fingerprint density at radius 1 is 1.19 bits per heavy atom. The molecule has 110 valence electrons. The third-order valence-corrected chi connectivity index (χ3v) is 4.34. The summed E-state index contributed by atoms with van der Waals surface area (Å²) in [7, 11) is 1.25. The molecule has 0 saturated heterocycles. The summed E-state index contributed by atoms with van der Waals surface area (Å²) in [6.07, 6.45) is 0. The molecule has 21 heavy (non-hydrogen) atoms. The Hall–Kier alpha value is -1.56. The van der Waals surface area contributed by atoms with Crippen molar-refractivity contribution in [3.8, 4) is 5.75 Å². The van der Waals surface area contributed by atoms with Gasteiger partial charge in [-0.25, -0.2) is 4.79 Å². The van der Waals surface area contributed by atoms with Crippen molar-refractivity contribution in [3.05, 3.63) is 50.1 Å². The van der Waals surface area contributed by atoms with Crippen LogP contribution in [0.5, 0.6) is 5.75 Å². The second kappa shape index (κ2) is 6.93. The number of ketones is 1. The fourth-order valence-corrected chi connectivity index (χ4v) is 2.69. The molecule has 0 aliphatic heterocycles. The lowest BCUT2D eigenvalue weighted by atomic mass is 10.1. The van der Waals surface area contributed by atoms with Crippen molar-refractivity contribution < 1.29 is 19.1 Å². The first-order chi connectivity index (χ1) is 10.0. The minimum atomic E-state index is -0.541. The summed E-state index contributed by atoms with van der Waals surface area (Å²) >= 11 is 13.5. The molecule has 0 unspecified atom stereocenters. The molecular weight excluding hydrogens is 335 g/mol. The summed E-state index contributed by atoms with van der Waals surface area (Å²) in [5.41, 5.74) is 0.287. The molecule has 0 aliphatic rings. The first-order valence-electron chi connectivity index (χ1n) is 5.80. The predicted octanol–water partition coefficient (Wildman–Crippen LogP) is 3.84. The van der Waals surface area contributed by atoms with Gasteiger partial charge in [0.2, 0.25) is 5.78 Å². The van der Waals surface area contributed by atoms with E-state index in [1.807, 2.05) is 0 Å². The van der Waals surface area contributed by atoms with E-state index in [-0.39, 0.29) is 33.7 Å². The Balaban J connectivity index is 2.25. The van der Waals surface area contributed by atoms with Crippen LogP contribution in [0.25, 0.3) is 0 Å². The van der Waals surface area contributed by atoms with Crippen molar-refractivity contribution in [1.29, 1.82) is 0 Å². The van der Waals surface area contributed by atoms with Crippen LogP contribution in [-0.4, -0.2) is 25.5 Å². The number of ether oxygens (including phenoxy) is 2. The molecule has 4 nitrogen and oxygen atoms in total. The number of esters is 1. The van der Waals surface area contributed by atoms with Crippen LogP contribution in [0, 0.1) is 0 Å². The molecule has 0 radical (unpaired) electrons. The molecule has 0 N–H and O–H groups in total. The Bertz CT molecular complexity index is 668. The first-order valence-corrected chi connectivity index (χ1v) is 7.44. The Morgan fingerprint density at radius 3 is 2.57 bits per heavy atom. The van der Waals surface area contributed by atoms with Crippen LogP contribution in [0.15, 0.2) is 29.6 Å². The molecule has 0 atom stereocenters. The number of thiophene rings is 1. The van der Waals surface area contributed by atoms with E-state index in [9.17, 15) is 9.59 Å². The molecule has 0 spiro atoms. The molecule has 1 aromatic carbocycles. The average Bonchev–Trinajstić information content (AvgIpc) is 3.02. The van der Waals surface area contributed by atoms with E-state index >= 15 is 0 Å². The van der Waals surface area contributed by atoms with Gasteiger partial charge in [0.15, 0.2) is 6.61 Å². The number of carbonyl (C=O) groups is 2. The van der Waals surface area contributed by atoms with Gasteiger partial charge in [0.05, 0.1) is 17.0 Å². The lowest BCUT2D eigenvalue weighted by Gasteiger charge is -2.10. The first kappa shape index (κ1) is 15.8. The maximum Gasteiger partial charge on any atom is 0.343 e. The van der Waals surface area contributed by atoms with Crippen molar-refractivity contribution in [2.24, 2.45) is 0 Å². The SMILES string of the molecule is COC(=O)COc1ccc(C(=O)c2cccs2)c(Cl)c1Cl. The number of benzene rings is 1. The molecule has 7 heteroatoms. The van der Waals surface area contributed by atoms with Crippen LogP contribution in [0.3, 0.4) is 0 Å². The largest absolute Gasteiger partial charge is 0.480 e. The van der Waals surface area contributed by atoms with Crippen molar-refractivity contribution in [3.63, 3.8) is 0 Å². The maximum absolute atomic E-state index is 12.3. The Kier molecular flexibility index (Phi) is 5.22. The van der Waals surface area contributed by atoms with Crippen LogP contribution >= 0.6 is 34.5 Å². The number of hydrogen-bond acceptors (Lipinski definition) is 5. The van der Waals surface area contributed by atoms with E-state index in [1.165, 1.54) is 30.6 Å². The Morgan fingerprint density at radius 2 is 1.95 bits per heavy atom. The van der Waals surface area contributed by atoms with Gasteiger partial charge in [0.1, 0.15) is 10.8 Å². The standard InChI is InChI=1S/C14H10Cl2O4S/c1-19-11(17)7-20-9-5-4-8(12(15)13(9)16)14(18)10-3-2-6-21-10/h2-6H,7H2,1H3. The quantitative estimate of drug-likeness (QED) is 0.610. The Labute approximate surface area is 135 Å². The molecule has 0 fully saturated rings. The van der Waals surface area contributed by atoms with Crippen LogP contribution < -0.4 is 4.74 Å². The van der Waals surface area contributed by atoms with E-state index in [0.717, 1.165) is 0 Å². The lowest BCUT2D eigenvalue weighted by molar-refractivity contribution is -0.142. The summed E-state index contributed by atoms with van der Waals surface area (Å²) in [5.74, 6) is -0.535. The number of hydrogen-bond donors (Lipinski definition) is 0. The van der Waals surface area contributed by atoms with Crippen LogP contribution in [0.4, 0.5) is 0 Å². The monoisotopic (exact) mass is 344 g/mol. The van der Waals surface area contributed by atoms with Gasteiger partial charge in [-0.2, -0.15) is 0 Å². The van der Waals surface area contributed by atoms with Crippen LogP contribution in [0.1, 0.15) is 15.2 Å². The summed E-state index contributed by atoms with van der Waals surface area (Å²) in [5, 5.41) is 1.98. The molecule has 1 aromatic heterocycles. The topological polar surface area (TPSA) is 52.6 Å². The normalized spacial score (nSPS) is 10.2. The number of halogens is 2. The van der Waals surface area contributed by atoms with Gasteiger partial charge in [-0.1, -0.05) is 29.3 Å². The van der Waals surface area contributed by atoms with Gasteiger partial charge in [0, 0.05) is 5.56 Å². The fraction of sp³-hybridized carbons (Fsp3) is 0.143. The van der Waals surface area contributed by atoms with Crippen molar-refractivity contribution in [2.75, 3.05) is 13.7 Å². The lowest BCUT2D eigenvalue weighted by Crippen LogP contribution is -2.13. The van der Waals surface area contributed by atoms with E-state index < -0.39 is 5.97 Å². The minimum absolute atomic E-state index is 0.0861. The second-order valence-corrected chi connectivity index (χ2v) is 5.61. The molecule has 0 bridgehead atoms. The smallest absolute Gasteiger partial charge is 0.343 e. The highest BCUT2D eigenvalue weighted by molar-refractivity contribution is 7.12. The molecule has 2 rings (SSSR count). The van der Waals surface area contributed by atoms with Crippen molar-refractivity contribution in [2.45, 2.75) is 0 Å². The predicted molar refractivity (Wildman–Crippen MR) is 81.7 cm³/mol. The molecule has 0 saturated carbocycles.